The van der Waals surface area contributed by atoms with Gasteiger partial charge in [0.25, 0.3) is 0 Å². The highest BCUT2D eigenvalue weighted by atomic mass is 79.9. The fraction of sp³-hybridized carbons (Fsp3) is 0.0968. The molecule has 10 aromatic carbocycles. The molecule has 3 heteroatoms. The summed E-state index contributed by atoms with van der Waals surface area (Å²) in [5, 5.41) is 12.9. The van der Waals surface area contributed by atoms with E-state index in [1.165, 1.54) is 132 Å². The quantitative estimate of drug-likeness (QED) is 0.122. The molecule has 0 bridgehead atoms. The Labute approximate surface area is 398 Å². The van der Waals surface area contributed by atoms with Crippen LogP contribution in [0.4, 0.5) is 0 Å². The summed E-state index contributed by atoms with van der Waals surface area (Å²) in [5.74, 6) is 0. The molecular weight excluding hydrogens is 935 g/mol. The molecule has 1 unspecified atom stereocenters. The van der Waals surface area contributed by atoms with Crippen LogP contribution >= 0.6 is 40.1 Å². The van der Waals surface area contributed by atoms with Crippen LogP contribution in [0.25, 0.3) is 109 Å². The Balaban J connectivity index is 1.04. The standard InChI is InChI=1S/C62H43Br2P/c1-61(2)55-18-9-7-15-44(55)46-22-20-38(30-57(46)61)49-29-40-24-35-12-5-6-13-36(35)27-50(40)54-33-51-37(28-53(49)54)14-11-17-48(51)59-34-52(60(65-59)41-25-42(63)32-43(64)26-41)39-21-23-47-45-16-8-10-19-56(45)62(3,4)58(47)31-39/h5-34,65H,1-4H3. The van der Waals surface area contributed by atoms with Gasteiger partial charge in [-0.25, -0.2) is 0 Å². The molecule has 0 amide bonds. The van der Waals surface area contributed by atoms with Crippen molar-refractivity contribution in [1.29, 1.82) is 0 Å². The summed E-state index contributed by atoms with van der Waals surface area (Å²) in [7, 11) is 0.475. The summed E-state index contributed by atoms with van der Waals surface area (Å²) in [4.78, 5) is 0. The maximum Gasteiger partial charge on any atom is 0.0192 e. The molecule has 310 valence electrons. The zero-order chi connectivity index (χ0) is 43.9. The third kappa shape index (κ3) is 5.93. The van der Waals surface area contributed by atoms with Crippen molar-refractivity contribution < 1.29 is 0 Å². The first-order chi connectivity index (χ1) is 31.5. The SMILES string of the molecule is CC1(C)c2ccccc2-c2ccc(-c3cc(-c4cccc5cc6c(-c7ccc8c(c7)C(C)(C)c7ccccc7-8)cc7cc8ccccc8cc7c6cc45)[pH]c3-c3cc(Br)cc(Br)c3)cc21. The second kappa shape index (κ2) is 14.2. The number of rotatable bonds is 4. The van der Waals surface area contributed by atoms with Gasteiger partial charge in [0.1, 0.15) is 0 Å². The summed E-state index contributed by atoms with van der Waals surface area (Å²) in [5.41, 5.74) is 18.5. The molecular formula is C62H43Br2P. The molecule has 0 aliphatic heterocycles. The van der Waals surface area contributed by atoms with E-state index in [0.717, 1.165) is 8.95 Å². The lowest BCUT2D eigenvalue weighted by molar-refractivity contribution is 0.660. The Hall–Kier alpha value is -6.02. The second-order valence-electron chi connectivity index (χ2n) is 19.3. The molecule has 13 rings (SSSR count). The summed E-state index contributed by atoms with van der Waals surface area (Å²) < 4.78 is 2.14. The van der Waals surface area contributed by atoms with Crippen molar-refractivity contribution in [3.05, 3.63) is 213 Å². The molecule has 0 radical (unpaired) electrons. The van der Waals surface area contributed by atoms with Gasteiger partial charge in [-0.15, -0.1) is 8.19 Å². The third-order valence-electron chi connectivity index (χ3n) is 14.9. The number of benzene rings is 10. The van der Waals surface area contributed by atoms with Crippen molar-refractivity contribution in [3.63, 3.8) is 0 Å². The zero-order valence-corrected chi connectivity index (χ0v) is 40.7. The van der Waals surface area contributed by atoms with Crippen LogP contribution in [0.1, 0.15) is 49.9 Å². The predicted molar refractivity (Wildman–Crippen MR) is 288 cm³/mol. The van der Waals surface area contributed by atoms with Gasteiger partial charge < -0.3 is 0 Å². The van der Waals surface area contributed by atoms with E-state index in [1.807, 2.05) is 0 Å². The van der Waals surface area contributed by atoms with E-state index in [4.69, 9.17) is 0 Å². The Morgan fingerprint density at radius 3 is 1.52 bits per heavy atom. The van der Waals surface area contributed by atoms with Crippen LogP contribution in [0.5, 0.6) is 0 Å². The van der Waals surface area contributed by atoms with Crippen molar-refractivity contribution in [1.82, 2.24) is 0 Å². The number of hydrogen-bond acceptors (Lipinski definition) is 0. The molecule has 0 nitrogen and oxygen atoms in total. The molecule has 0 saturated carbocycles. The van der Waals surface area contributed by atoms with Crippen LogP contribution in [0.15, 0.2) is 191 Å². The minimum absolute atomic E-state index is 0.0825. The van der Waals surface area contributed by atoms with Crippen molar-refractivity contribution in [2.75, 3.05) is 0 Å². The normalized spacial score (nSPS) is 14.4. The molecule has 1 heterocycles. The fourth-order valence-electron chi connectivity index (χ4n) is 11.6. The van der Waals surface area contributed by atoms with Gasteiger partial charge in [0, 0.05) is 30.4 Å². The molecule has 1 aromatic heterocycles. The first-order valence-corrected chi connectivity index (χ1v) is 25.1. The minimum Gasteiger partial charge on any atom is -0.123 e. The van der Waals surface area contributed by atoms with Crippen LogP contribution in [-0.2, 0) is 10.8 Å². The van der Waals surface area contributed by atoms with E-state index < -0.39 is 0 Å². The minimum atomic E-state index is -0.0838. The van der Waals surface area contributed by atoms with Gasteiger partial charge in [-0.3, -0.25) is 0 Å². The number of hydrogen-bond donors (Lipinski definition) is 0. The lowest BCUT2D eigenvalue weighted by atomic mass is 9.81. The van der Waals surface area contributed by atoms with Gasteiger partial charge in [0.05, 0.1) is 0 Å². The zero-order valence-electron chi connectivity index (χ0n) is 36.6. The highest BCUT2D eigenvalue weighted by molar-refractivity contribution is 9.11. The molecule has 11 aromatic rings. The van der Waals surface area contributed by atoms with Crippen molar-refractivity contribution in [2.45, 2.75) is 38.5 Å². The van der Waals surface area contributed by atoms with Crippen molar-refractivity contribution >= 4 is 83.1 Å². The van der Waals surface area contributed by atoms with Gasteiger partial charge >= 0.3 is 0 Å². The maximum absolute atomic E-state index is 3.84. The molecule has 65 heavy (non-hydrogen) atoms. The Bertz CT molecular complexity index is 3840. The molecule has 0 saturated heterocycles. The molecule has 0 spiro atoms. The van der Waals surface area contributed by atoms with Gasteiger partial charge in [-0.2, -0.15) is 0 Å². The molecule has 0 fully saturated rings. The smallest absolute Gasteiger partial charge is 0.0192 e. The highest BCUT2D eigenvalue weighted by Crippen LogP contribution is 2.54. The van der Waals surface area contributed by atoms with E-state index in [-0.39, 0.29) is 10.8 Å². The molecule has 0 N–H and O–H groups in total. The van der Waals surface area contributed by atoms with E-state index in [9.17, 15) is 0 Å². The van der Waals surface area contributed by atoms with Crippen molar-refractivity contribution in [2.24, 2.45) is 0 Å². The van der Waals surface area contributed by atoms with E-state index in [0.29, 0.717) is 8.19 Å². The lowest BCUT2D eigenvalue weighted by Gasteiger charge is -2.22. The second-order valence-corrected chi connectivity index (χ2v) is 22.4. The maximum atomic E-state index is 3.84. The van der Waals surface area contributed by atoms with Gasteiger partial charge in [0.2, 0.25) is 0 Å². The van der Waals surface area contributed by atoms with Crippen LogP contribution in [0.3, 0.4) is 0 Å². The summed E-state index contributed by atoms with van der Waals surface area (Å²) in [6.07, 6.45) is 0. The van der Waals surface area contributed by atoms with Gasteiger partial charge in [-0.1, -0.05) is 175 Å². The van der Waals surface area contributed by atoms with E-state index in [1.54, 1.807) is 0 Å². The average molecular weight is 979 g/mol. The molecule has 2 aliphatic carbocycles. The summed E-state index contributed by atoms with van der Waals surface area (Å²) >= 11 is 7.68. The van der Waals surface area contributed by atoms with Crippen LogP contribution in [0, 0.1) is 0 Å². The van der Waals surface area contributed by atoms with Gasteiger partial charge in [0.15, 0.2) is 0 Å². The highest BCUT2D eigenvalue weighted by Gasteiger charge is 2.37. The van der Waals surface area contributed by atoms with Crippen molar-refractivity contribution in [3.8, 4) is 66.2 Å². The third-order valence-corrected chi connectivity index (χ3v) is 17.3. The van der Waals surface area contributed by atoms with Crippen LogP contribution in [-0.4, -0.2) is 0 Å². The Morgan fingerprint density at radius 2 is 0.862 bits per heavy atom. The van der Waals surface area contributed by atoms with Crippen LogP contribution in [0.2, 0.25) is 0 Å². The topological polar surface area (TPSA) is 0 Å². The summed E-state index contributed by atoms with van der Waals surface area (Å²) in [6.45, 7) is 9.51. The average Bonchev–Trinajstić information content (AvgIpc) is 3.93. The Kier molecular flexibility index (Phi) is 8.62. The first-order valence-electron chi connectivity index (χ1n) is 22.5. The number of fused-ring (bicyclic) bond motifs is 11. The monoisotopic (exact) mass is 976 g/mol. The number of halogens is 2. The lowest BCUT2D eigenvalue weighted by Crippen LogP contribution is -2.14. The molecule has 2 aliphatic rings. The largest absolute Gasteiger partial charge is 0.123 e. The molecule has 1 atom stereocenters. The van der Waals surface area contributed by atoms with Crippen LogP contribution < -0.4 is 0 Å². The van der Waals surface area contributed by atoms with E-state index in [2.05, 4.69) is 242 Å². The predicted octanol–water partition coefficient (Wildman–Crippen LogP) is 19.1. The van der Waals surface area contributed by atoms with E-state index >= 15 is 0 Å². The summed E-state index contributed by atoms with van der Waals surface area (Å²) in [6, 6.07) is 69.5. The van der Waals surface area contributed by atoms with Gasteiger partial charge in [-0.05, 0) is 188 Å². The first kappa shape index (κ1) is 39.4. The fourth-order valence-corrected chi connectivity index (χ4v) is 14.4. The Morgan fingerprint density at radius 1 is 0.323 bits per heavy atom.